The Labute approximate surface area is 143 Å². The van der Waals surface area contributed by atoms with Gasteiger partial charge in [-0.25, -0.2) is 0 Å². The third kappa shape index (κ3) is 3.44. The molecule has 0 radical (unpaired) electrons. The quantitative estimate of drug-likeness (QED) is 0.419. The Kier molecular flexibility index (Phi) is 5.15. The zero-order chi connectivity index (χ0) is 14.2. The van der Waals surface area contributed by atoms with Crippen molar-refractivity contribution in [1.82, 2.24) is 0 Å². The molecule has 0 aromatic heterocycles. The summed E-state index contributed by atoms with van der Waals surface area (Å²) < 4.78 is 2.21. The summed E-state index contributed by atoms with van der Waals surface area (Å²) in [5, 5.41) is 0.769. The summed E-state index contributed by atoms with van der Waals surface area (Å²) in [4.78, 5) is 0.135. The molecule has 2 aromatic carbocycles. The molecule has 2 aromatic rings. The summed E-state index contributed by atoms with van der Waals surface area (Å²) in [6.07, 6.45) is 0. The van der Waals surface area contributed by atoms with Gasteiger partial charge in [-0.1, -0.05) is 65.5 Å². The molecule has 0 amide bonds. The van der Waals surface area contributed by atoms with Gasteiger partial charge in [0.25, 0.3) is 0 Å². The lowest BCUT2D eigenvalue weighted by Crippen LogP contribution is -1.98. The Morgan fingerprint density at radius 2 is 1.58 bits per heavy atom. The van der Waals surface area contributed by atoms with E-state index in [9.17, 15) is 0 Å². The fraction of sp³-hybridized carbons (Fsp3) is 0.200. The average molecular weight is 467 g/mol. The summed E-state index contributed by atoms with van der Waals surface area (Å²) in [6, 6.07) is 10.3. The fourth-order valence-corrected chi connectivity index (χ4v) is 4.42. The van der Waals surface area contributed by atoms with E-state index in [2.05, 4.69) is 79.8 Å². The van der Waals surface area contributed by atoms with Crippen molar-refractivity contribution in [2.45, 2.75) is 18.7 Å². The van der Waals surface area contributed by atoms with Gasteiger partial charge in [-0.05, 0) is 60.4 Å². The van der Waals surface area contributed by atoms with Crippen molar-refractivity contribution < 1.29 is 0 Å². The molecular weight excluding hydrogens is 455 g/mol. The molecule has 0 aliphatic carbocycles. The van der Waals surface area contributed by atoms with E-state index in [4.69, 9.17) is 11.6 Å². The lowest BCUT2D eigenvalue weighted by atomic mass is 10.00. The van der Waals surface area contributed by atoms with Crippen molar-refractivity contribution in [3.8, 4) is 0 Å². The van der Waals surface area contributed by atoms with Crippen molar-refractivity contribution >= 4 is 59.4 Å². The third-order valence-corrected chi connectivity index (χ3v) is 5.82. The van der Waals surface area contributed by atoms with Crippen molar-refractivity contribution in [3.63, 3.8) is 0 Å². The van der Waals surface area contributed by atoms with Crippen LogP contribution in [0.5, 0.6) is 0 Å². The zero-order valence-corrected chi connectivity index (χ0v) is 16.0. The molecule has 0 saturated carbocycles. The molecule has 0 bridgehead atoms. The van der Waals surface area contributed by atoms with Crippen LogP contribution in [-0.4, -0.2) is 0 Å². The number of aryl methyl sites for hydroxylation is 2. The molecule has 0 saturated heterocycles. The number of rotatable bonds is 2. The van der Waals surface area contributed by atoms with Gasteiger partial charge in [0.15, 0.2) is 0 Å². The van der Waals surface area contributed by atoms with Gasteiger partial charge < -0.3 is 0 Å². The van der Waals surface area contributed by atoms with Crippen molar-refractivity contribution in [2.75, 3.05) is 0 Å². The topological polar surface area (TPSA) is 0 Å². The van der Waals surface area contributed by atoms with Gasteiger partial charge in [0.05, 0.1) is 4.83 Å². The molecule has 0 aliphatic heterocycles. The maximum atomic E-state index is 6.01. The van der Waals surface area contributed by atoms with Gasteiger partial charge >= 0.3 is 0 Å². The van der Waals surface area contributed by atoms with E-state index >= 15 is 0 Å². The van der Waals surface area contributed by atoms with E-state index in [1.165, 1.54) is 22.3 Å². The highest BCUT2D eigenvalue weighted by atomic mass is 79.9. The molecule has 0 aliphatic rings. The van der Waals surface area contributed by atoms with E-state index in [1.807, 2.05) is 12.1 Å². The second kappa shape index (κ2) is 6.30. The second-order valence-electron chi connectivity index (χ2n) is 4.49. The Morgan fingerprint density at radius 3 is 2.21 bits per heavy atom. The monoisotopic (exact) mass is 464 g/mol. The van der Waals surface area contributed by atoms with E-state index in [0.717, 1.165) is 14.0 Å². The van der Waals surface area contributed by atoms with Crippen LogP contribution in [0.4, 0.5) is 0 Å². The van der Waals surface area contributed by atoms with Crippen LogP contribution in [0.25, 0.3) is 0 Å². The normalized spacial score (nSPS) is 12.5. The fourth-order valence-electron chi connectivity index (χ4n) is 1.95. The van der Waals surface area contributed by atoms with Crippen molar-refractivity contribution in [2.24, 2.45) is 0 Å². The van der Waals surface area contributed by atoms with E-state index < -0.39 is 0 Å². The predicted molar refractivity (Wildman–Crippen MR) is 93.5 cm³/mol. The highest BCUT2D eigenvalue weighted by Gasteiger charge is 2.17. The standard InChI is InChI=1S/C15H12Br3Cl/c1-8-5-10(19)3-4-11(8)15(18)12-7-13(16)9(2)6-14(12)17/h3-7,15H,1-2H3. The SMILES string of the molecule is Cc1cc(Br)c(C(Br)c2ccc(Cl)cc2C)cc1Br. The van der Waals surface area contributed by atoms with Crippen LogP contribution in [0, 0.1) is 13.8 Å². The minimum absolute atomic E-state index is 0.135. The van der Waals surface area contributed by atoms with Crippen LogP contribution in [0.3, 0.4) is 0 Å². The highest BCUT2D eigenvalue weighted by Crippen LogP contribution is 2.39. The lowest BCUT2D eigenvalue weighted by Gasteiger charge is -2.17. The minimum atomic E-state index is 0.135. The van der Waals surface area contributed by atoms with Crippen LogP contribution in [0.1, 0.15) is 27.1 Å². The molecule has 0 fully saturated rings. The Bertz CT molecular complexity index is 623. The molecule has 2 rings (SSSR count). The molecule has 1 unspecified atom stereocenters. The Morgan fingerprint density at radius 1 is 0.895 bits per heavy atom. The smallest absolute Gasteiger partial charge is 0.0658 e. The molecule has 0 heterocycles. The summed E-state index contributed by atoms with van der Waals surface area (Å²) in [6.45, 7) is 4.15. The van der Waals surface area contributed by atoms with Gasteiger partial charge in [0.2, 0.25) is 0 Å². The summed E-state index contributed by atoms with van der Waals surface area (Å²) in [5.74, 6) is 0. The predicted octanol–water partition coefficient (Wildman–Crippen LogP) is 6.97. The van der Waals surface area contributed by atoms with Gasteiger partial charge in [-0.2, -0.15) is 0 Å². The number of benzene rings is 2. The Hall–Kier alpha value is 0.170. The zero-order valence-electron chi connectivity index (χ0n) is 10.5. The van der Waals surface area contributed by atoms with Gasteiger partial charge in [0.1, 0.15) is 0 Å². The first-order valence-corrected chi connectivity index (χ1v) is 8.63. The largest absolute Gasteiger partial charge is 0.0843 e. The molecule has 19 heavy (non-hydrogen) atoms. The molecule has 0 spiro atoms. The first kappa shape index (κ1) is 15.6. The third-order valence-electron chi connectivity index (χ3n) is 3.06. The van der Waals surface area contributed by atoms with Crippen molar-refractivity contribution in [1.29, 1.82) is 0 Å². The van der Waals surface area contributed by atoms with Crippen molar-refractivity contribution in [3.05, 3.63) is 66.6 Å². The maximum Gasteiger partial charge on any atom is 0.0658 e. The number of halogens is 4. The van der Waals surface area contributed by atoms with Crippen LogP contribution in [0.2, 0.25) is 5.02 Å². The van der Waals surface area contributed by atoms with Gasteiger partial charge in [-0.15, -0.1) is 0 Å². The molecular formula is C15H12Br3Cl. The molecule has 100 valence electrons. The number of hydrogen-bond acceptors (Lipinski definition) is 0. The van der Waals surface area contributed by atoms with Crippen LogP contribution in [0.15, 0.2) is 39.3 Å². The summed E-state index contributed by atoms with van der Waals surface area (Å²) in [5.41, 5.74) is 4.81. The van der Waals surface area contributed by atoms with Crippen LogP contribution >= 0.6 is 59.4 Å². The minimum Gasteiger partial charge on any atom is -0.0843 e. The van der Waals surface area contributed by atoms with Gasteiger partial charge in [-0.3, -0.25) is 0 Å². The summed E-state index contributed by atoms with van der Waals surface area (Å²) in [7, 11) is 0. The molecule has 0 N–H and O–H groups in total. The lowest BCUT2D eigenvalue weighted by molar-refractivity contribution is 1.12. The van der Waals surface area contributed by atoms with Crippen LogP contribution in [-0.2, 0) is 0 Å². The van der Waals surface area contributed by atoms with Gasteiger partial charge in [0, 0.05) is 14.0 Å². The summed E-state index contributed by atoms with van der Waals surface area (Å²) >= 11 is 17.0. The Balaban J connectivity index is 2.49. The molecule has 1 atom stereocenters. The first-order valence-electron chi connectivity index (χ1n) is 5.76. The van der Waals surface area contributed by atoms with E-state index in [0.29, 0.717) is 0 Å². The molecule has 4 heteroatoms. The number of alkyl halides is 1. The highest BCUT2D eigenvalue weighted by molar-refractivity contribution is 9.11. The average Bonchev–Trinajstić information content (AvgIpc) is 2.33. The molecule has 0 nitrogen and oxygen atoms in total. The maximum absolute atomic E-state index is 6.01. The van der Waals surface area contributed by atoms with E-state index in [1.54, 1.807) is 0 Å². The first-order chi connectivity index (χ1) is 8.90. The number of hydrogen-bond donors (Lipinski definition) is 0. The van der Waals surface area contributed by atoms with Crippen LogP contribution < -0.4 is 0 Å². The van der Waals surface area contributed by atoms with E-state index in [-0.39, 0.29) is 4.83 Å². The second-order valence-corrected chi connectivity index (χ2v) is 7.55.